The van der Waals surface area contributed by atoms with Crippen molar-refractivity contribution in [1.29, 1.82) is 0 Å². The van der Waals surface area contributed by atoms with Gasteiger partial charge in [0.15, 0.2) is 0 Å². The van der Waals surface area contributed by atoms with Gasteiger partial charge in [0, 0.05) is 26.1 Å². The van der Waals surface area contributed by atoms with Gasteiger partial charge < -0.3 is 9.64 Å². The van der Waals surface area contributed by atoms with Crippen molar-refractivity contribution in [2.75, 3.05) is 20.2 Å². The van der Waals surface area contributed by atoms with E-state index in [1.807, 2.05) is 30.1 Å². The number of likely N-dealkylation sites (N-methyl/N-ethyl adjacent to an activating group) is 1. The molecule has 0 spiro atoms. The van der Waals surface area contributed by atoms with Crippen molar-refractivity contribution in [3.63, 3.8) is 0 Å². The summed E-state index contributed by atoms with van der Waals surface area (Å²) in [7, 11) is 1.92. The maximum atomic E-state index is 12.5. The summed E-state index contributed by atoms with van der Waals surface area (Å²) in [5, 5.41) is 0. The number of hydrogen-bond donors (Lipinski definition) is 0. The normalized spacial score (nSPS) is 22.5. The molecule has 0 aliphatic carbocycles. The summed E-state index contributed by atoms with van der Waals surface area (Å²) in [5.41, 5.74) is 1.28. The van der Waals surface area contributed by atoms with Crippen molar-refractivity contribution in [3.8, 4) is 0 Å². The Morgan fingerprint density at radius 3 is 2.80 bits per heavy atom. The summed E-state index contributed by atoms with van der Waals surface area (Å²) in [6.45, 7) is 3.63. The van der Waals surface area contributed by atoms with E-state index in [9.17, 15) is 4.79 Å². The molecule has 1 aliphatic heterocycles. The van der Waals surface area contributed by atoms with Gasteiger partial charge in [0.25, 0.3) is 0 Å². The van der Waals surface area contributed by atoms with Crippen LogP contribution >= 0.6 is 0 Å². The van der Waals surface area contributed by atoms with Gasteiger partial charge in [-0.25, -0.2) is 0 Å². The Morgan fingerprint density at radius 2 is 2.10 bits per heavy atom. The maximum Gasteiger partial charge on any atom is 0.225 e. The van der Waals surface area contributed by atoms with Gasteiger partial charge in [-0.3, -0.25) is 4.79 Å². The van der Waals surface area contributed by atoms with E-state index in [0.29, 0.717) is 0 Å². The predicted octanol–water partition coefficient (Wildman–Crippen LogP) is 2.89. The molecule has 0 saturated carbocycles. The zero-order valence-electron chi connectivity index (χ0n) is 12.5. The van der Waals surface area contributed by atoms with E-state index in [2.05, 4.69) is 19.1 Å². The molecule has 3 heteroatoms. The Hall–Kier alpha value is -1.35. The minimum Gasteiger partial charge on any atom is -0.378 e. The van der Waals surface area contributed by atoms with Gasteiger partial charge in [0.05, 0.1) is 6.10 Å². The highest BCUT2D eigenvalue weighted by Crippen LogP contribution is 2.23. The number of carbonyl (C=O) groups excluding carboxylic acids is 1. The monoisotopic (exact) mass is 275 g/mol. The Balaban J connectivity index is 1.82. The van der Waals surface area contributed by atoms with Gasteiger partial charge in [0.1, 0.15) is 0 Å². The van der Waals surface area contributed by atoms with E-state index in [0.717, 1.165) is 38.8 Å². The molecule has 3 nitrogen and oxygen atoms in total. The van der Waals surface area contributed by atoms with E-state index in [4.69, 9.17) is 4.74 Å². The van der Waals surface area contributed by atoms with Crippen molar-refractivity contribution in [2.24, 2.45) is 5.92 Å². The Labute approximate surface area is 121 Å². The molecule has 2 atom stereocenters. The lowest BCUT2D eigenvalue weighted by atomic mass is 9.93. The molecular formula is C17H25NO2. The van der Waals surface area contributed by atoms with Crippen LogP contribution in [0.5, 0.6) is 0 Å². The molecule has 1 fully saturated rings. The molecule has 0 N–H and O–H groups in total. The summed E-state index contributed by atoms with van der Waals surface area (Å²) < 4.78 is 5.65. The largest absolute Gasteiger partial charge is 0.378 e. The number of nitrogens with zero attached hydrogens (tertiary/aromatic N) is 1. The van der Waals surface area contributed by atoms with Crippen molar-refractivity contribution in [3.05, 3.63) is 35.9 Å². The fraction of sp³-hybridized carbons (Fsp3) is 0.588. The molecule has 1 saturated heterocycles. The maximum absolute atomic E-state index is 12.5. The fourth-order valence-electron chi connectivity index (χ4n) is 2.75. The lowest BCUT2D eigenvalue weighted by Crippen LogP contribution is -2.39. The number of amides is 1. The molecule has 20 heavy (non-hydrogen) atoms. The van der Waals surface area contributed by atoms with Crippen LogP contribution < -0.4 is 0 Å². The van der Waals surface area contributed by atoms with E-state index in [1.165, 1.54) is 5.56 Å². The van der Waals surface area contributed by atoms with E-state index in [-0.39, 0.29) is 17.9 Å². The first-order valence-electron chi connectivity index (χ1n) is 7.61. The minimum absolute atomic E-state index is 0.148. The Bertz CT molecular complexity index is 418. The summed E-state index contributed by atoms with van der Waals surface area (Å²) >= 11 is 0. The Kier molecular flexibility index (Phi) is 5.60. The predicted molar refractivity (Wildman–Crippen MR) is 80.5 cm³/mol. The molecule has 0 unspecified atom stereocenters. The van der Waals surface area contributed by atoms with E-state index in [1.54, 1.807) is 0 Å². The van der Waals surface area contributed by atoms with Gasteiger partial charge in [0.2, 0.25) is 5.91 Å². The SMILES string of the molecule is CC[C@H]1C[C@H](C(=O)N(C)CCc2ccccc2)CCO1. The van der Waals surface area contributed by atoms with Crippen LogP contribution in [0.25, 0.3) is 0 Å². The smallest absolute Gasteiger partial charge is 0.225 e. The van der Waals surface area contributed by atoms with Crippen molar-refractivity contribution >= 4 is 5.91 Å². The van der Waals surface area contributed by atoms with Crippen molar-refractivity contribution in [1.82, 2.24) is 4.90 Å². The first-order chi connectivity index (χ1) is 9.70. The first kappa shape index (κ1) is 15.0. The topological polar surface area (TPSA) is 29.5 Å². The minimum atomic E-state index is 0.148. The van der Waals surface area contributed by atoms with Gasteiger partial charge in [-0.05, 0) is 31.2 Å². The standard InChI is InChI=1S/C17H25NO2/c1-3-16-13-15(10-12-20-16)17(19)18(2)11-9-14-7-5-4-6-8-14/h4-8,15-16H,3,9-13H2,1-2H3/t15-,16+/m1/s1. The molecular weight excluding hydrogens is 250 g/mol. The van der Waals surface area contributed by atoms with Crippen molar-refractivity contribution in [2.45, 2.75) is 38.7 Å². The van der Waals surface area contributed by atoms with Crippen LogP contribution in [0.2, 0.25) is 0 Å². The summed E-state index contributed by atoms with van der Waals surface area (Å²) in [4.78, 5) is 14.3. The molecule has 110 valence electrons. The highest BCUT2D eigenvalue weighted by molar-refractivity contribution is 5.78. The third kappa shape index (κ3) is 4.07. The molecule has 0 bridgehead atoms. The van der Waals surface area contributed by atoms with Gasteiger partial charge in [-0.2, -0.15) is 0 Å². The number of hydrogen-bond acceptors (Lipinski definition) is 2. The first-order valence-corrected chi connectivity index (χ1v) is 7.61. The van der Waals surface area contributed by atoms with Crippen LogP contribution in [-0.2, 0) is 16.0 Å². The number of benzene rings is 1. The molecule has 1 aromatic carbocycles. The van der Waals surface area contributed by atoms with Crippen molar-refractivity contribution < 1.29 is 9.53 Å². The Morgan fingerprint density at radius 1 is 1.35 bits per heavy atom. The van der Waals surface area contributed by atoms with Gasteiger partial charge >= 0.3 is 0 Å². The molecule has 2 rings (SSSR count). The zero-order valence-corrected chi connectivity index (χ0v) is 12.5. The molecule has 1 aromatic rings. The third-order valence-electron chi connectivity index (χ3n) is 4.13. The molecule has 0 radical (unpaired) electrons. The second kappa shape index (κ2) is 7.44. The van der Waals surface area contributed by atoms with E-state index >= 15 is 0 Å². The fourth-order valence-corrected chi connectivity index (χ4v) is 2.75. The summed E-state index contributed by atoms with van der Waals surface area (Å²) in [5.74, 6) is 0.428. The quantitative estimate of drug-likeness (QED) is 0.827. The second-order valence-corrected chi connectivity index (χ2v) is 5.62. The average Bonchev–Trinajstić information content (AvgIpc) is 2.53. The van der Waals surface area contributed by atoms with Crippen LogP contribution in [0.15, 0.2) is 30.3 Å². The van der Waals surface area contributed by atoms with Crippen LogP contribution in [0.3, 0.4) is 0 Å². The van der Waals surface area contributed by atoms with Gasteiger partial charge in [-0.15, -0.1) is 0 Å². The molecule has 1 amide bonds. The van der Waals surface area contributed by atoms with Crippen LogP contribution in [0.4, 0.5) is 0 Å². The lowest BCUT2D eigenvalue weighted by Gasteiger charge is -2.31. The zero-order chi connectivity index (χ0) is 14.4. The molecule has 1 aliphatic rings. The summed E-state index contributed by atoms with van der Waals surface area (Å²) in [6.07, 6.45) is 3.93. The number of carbonyl (C=O) groups is 1. The van der Waals surface area contributed by atoms with Crippen LogP contribution in [0.1, 0.15) is 31.7 Å². The van der Waals surface area contributed by atoms with Crippen LogP contribution in [0, 0.1) is 5.92 Å². The lowest BCUT2D eigenvalue weighted by molar-refractivity contribution is -0.139. The van der Waals surface area contributed by atoms with Gasteiger partial charge in [-0.1, -0.05) is 37.3 Å². The molecule has 1 heterocycles. The number of rotatable bonds is 5. The summed E-state index contributed by atoms with van der Waals surface area (Å²) in [6, 6.07) is 10.3. The average molecular weight is 275 g/mol. The second-order valence-electron chi connectivity index (χ2n) is 5.62. The third-order valence-corrected chi connectivity index (χ3v) is 4.13. The van der Waals surface area contributed by atoms with E-state index < -0.39 is 0 Å². The highest BCUT2D eigenvalue weighted by atomic mass is 16.5. The highest BCUT2D eigenvalue weighted by Gasteiger charge is 2.28. The molecule has 0 aromatic heterocycles. The number of ether oxygens (including phenoxy) is 1. The van der Waals surface area contributed by atoms with Crippen LogP contribution in [-0.4, -0.2) is 37.1 Å².